The predicted octanol–water partition coefficient (Wildman–Crippen LogP) is 2.76. The number of piperazine rings is 1. The van der Waals surface area contributed by atoms with Crippen LogP contribution in [0.2, 0.25) is 0 Å². The molecule has 0 saturated carbocycles. The number of thiazole rings is 1. The Bertz CT molecular complexity index is 890. The van der Waals surface area contributed by atoms with Crippen LogP contribution in [0, 0.1) is 5.41 Å². The van der Waals surface area contributed by atoms with Gasteiger partial charge in [0.15, 0.2) is 5.13 Å². The fourth-order valence-electron chi connectivity index (χ4n) is 4.39. The molecular formula is C23H35N5O2S. The smallest absolute Gasteiger partial charge is 0.210 e. The summed E-state index contributed by atoms with van der Waals surface area (Å²) < 4.78 is 6.66. The third-order valence-electron chi connectivity index (χ3n) is 6.48. The van der Waals surface area contributed by atoms with E-state index in [2.05, 4.69) is 60.7 Å². The van der Waals surface area contributed by atoms with E-state index in [9.17, 15) is 4.79 Å². The molecule has 0 radical (unpaired) electrons. The topological polar surface area (TPSA) is 52.2 Å². The summed E-state index contributed by atoms with van der Waals surface area (Å²) in [6.45, 7) is 14.8. The zero-order valence-electron chi connectivity index (χ0n) is 19.2. The van der Waals surface area contributed by atoms with Gasteiger partial charge in [-0.25, -0.2) is 4.98 Å². The number of benzene rings is 1. The molecule has 1 aromatic heterocycles. The van der Waals surface area contributed by atoms with Gasteiger partial charge in [0.2, 0.25) is 6.41 Å². The van der Waals surface area contributed by atoms with Gasteiger partial charge in [0.05, 0.1) is 29.5 Å². The van der Waals surface area contributed by atoms with Gasteiger partial charge in [-0.05, 0) is 23.6 Å². The lowest BCUT2D eigenvalue weighted by Crippen LogP contribution is -2.57. The molecule has 2 aromatic rings. The van der Waals surface area contributed by atoms with Crippen LogP contribution in [0.5, 0.6) is 0 Å². The number of ether oxygens (including phenoxy) is 1. The summed E-state index contributed by atoms with van der Waals surface area (Å²) in [6, 6.07) is 6.76. The second-order valence-corrected chi connectivity index (χ2v) is 10.7. The molecule has 1 atom stereocenters. The number of hydrogen-bond donors (Lipinski definition) is 0. The van der Waals surface area contributed by atoms with E-state index in [1.54, 1.807) is 11.3 Å². The highest BCUT2D eigenvalue weighted by Crippen LogP contribution is 2.34. The monoisotopic (exact) mass is 445 g/mol. The molecule has 2 saturated heterocycles. The first-order valence-corrected chi connectivity index (χ1v) is 12.0. The fraction of sp³-hybridized carbons (Fsp3) is 0.652. The van der Waals surface area contributed by atoms with Crippen LogP contribution in [0.25, 0.3) is 10.2 Å². The van der Waals surface area contributed by atoms with Crippen LogP contribution in [-0.4, -0.2) is 93.3 Å². The molecule has 31 heavy (non-hydrogen) atoms. The molecule has 0 spiro atoms. The summed E-state index contributed by atoms with van der Waals surface area (Å²) in [5.41, 5.74) is 2.32. The number of fused-ring (bicyclic) bond motifs is 1. The minimum absolute atomic E-state index is 0.0344. The van der Waals surface area contributed by atoms with Gasteiger partial charge < -0.3 is 19.4 Å². The Morgan fingerprint density at radius 1 is 1.23 bits per heavy atom. The number of rotatable bonds is 6. The van der Waals surface area contributed by atoms with E-state index in [1.807, 2.05) is 4.90 Å². The SMILES string of the molecule is CN(CCN1CCOCC1)c1ccc2nc(N3CCN(C=O)C(C(C)(C)C)C3)sc2c1. The van der Waals surface area contributed by atoms with Crippen LogP contribution in [0.3, 0.4) is 0 Å². The number of anilines is 2. The standard InChI is InChI=1S/C23H35N5O2S/c1-23(2,3)21-16-27(9-10-28(21)17-29)22-24-19-6-5-18(15-20(19)31-22)25(4)7-8-26-11-13-30-14-12-26/h5-6,15,17,21H,7-14,16H2,1-4H3. The minimum atomic E-state index is 0.0344. The molecule has 0 bridgehead atoms. The first-order valence-electron chi connectivity index (χ1n) is 11.2. The van der Waals surface area contributed by atoms with Crippen molar-refractivity contribution in [1.82, 2.24) is 14.8 Å². The van der Waals surface area contributed by atoms with Crippen LogP contribution >= 0.6 is 11.3 Å². The van der Waals surface area contributed by atoms with Crippen molar-refractivity contribution in [3.05, 3.63) is 18.2 Å². The summed E-state index contributed by atoms with van der Waals surface area (Å²) in [5.74, 6) is 0. The zero-order chi connectivity index (χ0) is 22.0. The van der Waals surface area contributed by atoms with Crippen LogP contribution in [0.15, 0.2) is 18.2 Å². The molecule has 1 unspecified atom stereocenters. The maximum atomic E-state index is 11.5. The van der Waals surface area contributed by atoms with E-state index in [1.165, 1.54) is 10.4 Å². The Balaban J connectivity index is 1.45. The Morgan fingerprint density at radius 3 is 2.71 bits per heavy atom. The fourth-order valence-corrected chi connectivity index (χ4v) is 5.42. The van der Waals surface area contributed by atoms with Crippen LogP contribution in [0.1, 0.15) is 20.8 Å². The van der Waals surface area contributed by atoms with E-state index in [-0.39, 0.29) is 11.5 Å². The molecule has 170 valence electrons. The molecule has 7 nitrogen and oxygen atoms in total. The van der Waals surface area contributed by atoms with Crippen molar-refractivity contribution in [2.45, 2.75) is 26.8 Å². The lowest BCUT2D eigenvalue weighted by molar-refractivity contribution is -0.122. The number of aromatic nitrogens is 1. The van der Waals surface area contributed by atoms with Gasteiger partial charge in [0, 0.05) is 58.5 Å². The molecule has 0 N–H and O–H groups in total. The first kappa shape index (κ1) is 22.3. The van der Waals surface area contributed by atoms with E-state index in [0.29, 0.717) is 0 Å². The van der Waals surface area contributed by atoms with Gasteiger partial charge in [-0.15, -0.1) is 0 Å². The molecule has 1 amide bonds. The molecule has 4 rings (SSSR count). The normalized spacial score (nSPS) is 21.0. The van der Waals surface area contributed by atoms with Crippen molar-refractivity contribution in [3.8, 4) is 0 Å². The largest absolute Gasteiger partial charge is 0.379 e. The second kappa shape index (κ2) is 9.30. The molecule has 2 aliphatic heterocycles. The molecule has 0 aliphatic carbocycles. The third-order valence-corrected chi connectivity index (χ3v) is 7.56. The van der Waals surface area contributed by atoms with Gasteiger partial charge in [0.25, 0.3) is 0 Å². The highest BCUT2D eigenvalue weighted by atomic mass is 32.1. The summed E-state index contributed by atoms with van der Waals surface area (Å²) in [7, 11) is 2.16. The van der Waals surface area contributed by atoms with Gasteiger partial charge >= 0.3 is 0 Å². The maximum Gasteiger partial charge on any atom is 0.210 e. The lowest BCUT2D eigenvalue weighted by Gasteiger charge is -2.45. The second-order valence-electron chi connectivity index (χ2n) is 9.70. The minimum Gasteiger partial charge on any atom is -0.379 e. The van der Waals surface area contributed by atoms with Crippen molar-refractivity contribution in [1.29, 1.82) is 0 Å². The van der Waals surface area contributed by atoms with Crippen molar-refractivity contribution >= 4 is 38.8 Å². The molecule has 2 aliphatic rings. The van der Waals surface area contributed by atoms with E-state index >= 15 is 0 Å². The Kier molecular flexibility index (Phi) is 6.69. The average Bonchev–Trinajstić information content (AvgIpc) is 3.20. The highest BCUT2D eigenvalue weighted by Gasteiger charge is 2.35. The third kappa shape index (κ3) is 5.13. The Morgan fingerprint density at radius 2 is 2.00 bits per heavy atom. The summed E-state index contributed by atoms with van der Waals surface area (Å²) in [5, 5.41) is 1.06. The molecule has 2 fully saturated rings. The van der Waals surface area contributed by atoms with Crippen molar-refractivity contribution in [2.75, 3.05) is 75.9 Å². The molecular weight excluding hydrogens is 410 g/mol. The van der Waals surface area contributed by atoms with Crippen LogP contribution in [0.4, 0.5) is 10.8 Å². The summed E-state index contributed by atoms with van der Waals surface area (Å²) in [4.78, 5) is 25.5. The molecule has 1 aromatic carbocycles. The van der Waals surface area contributed by atoms with Crippen LogP contribution in [-0.2, 0) is 9.53 Å². The van der Waals surface area contributed by atoms with Gasteiger partial charge in [-0.2, -0.15) is 0 Å². The predicted molar refractivity (Wildman–Crippen MR) is 128 cm³/mol. The van der Waals surface area contributed by atoms with Gasteiger partial charge in [-0.3, -0.25) is 9.69 Å². The molecule has 3 heterocycles. The number of nitrogens with zero attached hydrogens (tertiary/aromatic N) is 5. The number of amides is 1. The number of carbonyl (C=O) groups is 1. The Hall–Kier alpha value is -1.90. The summed E-state index contributed by atoms with van der Waals surface area (Å²) in [6.07, 6.45) is 1.00. The van der Waals surface area contributed by atoms with Crippen molar-refractivity contribution < 1.29 is 9.53 Å². The van der Waals surface area contributed by atoms with E-state index < -0.39 is 0 Å². The number of morpholine rings is 1. The zero-order valence-corrected chi connectivity index (χ0v) is 20.0. The Labute approximate surface area is 189 Å². The highest BCUT2D eigenvalue weighted by molar-refractivity contribution is 7.22. The first-order chi connectivity index (χ1) is 14.8. The average molecular weight is 446 g/mol. The number of carbonyl (C=O) groups excluding carboxylic acids is 1. The number of likely N-dealkylation sites (N-methyl/N-ethyl adjacent to an activating group) is 1. The lowest BCUT2D eigenvalue weighted by atomic mass is 9.84. The van der Waals surface area contributed by atoms with E-state index in [0.717, 1.165) is 76.1 Å². The van der Waals surface area contributed by atoms with Gasteiger partial charge in [0.1, 0.15) is 0 Å². The summed E-state index contributed by atoms with van der Waals surface area (Å²) >= 11 is 1.76. The molecule has 8 heteroatoms. The number of hydrogen-bond acceptors (Lipinski definition) is 7. The van der Waals surface area contributed by atoms with E-state index in [4.69, 9.17) is 9.72 Å². The van der Waals surface area contributed by atoms with Crippen molar-refractivity contribution in [3.63, 3.8) is 0 Å². The van der Waals surface area contributed by atoms with Gasteiger partial charge in [-0.1, -0.05) is 32.1 Å². The van der Waals surface area contributed by atoms with Crippen LogP contribution < -0.4 is 9.80 Å². The maximum absolute atomic E-state index is 11.5. The quantitative estimate of drug-likeness (QED) is 0.638. The van der Waals surface area contributed by atoms with Crippen molar-refractivity contribution in [2.24, 2.45) is 5.41 Å².